The average Bonchev–Trinajstić information content (AvgIpc) is 2.54. The van der Waals surface area contributed by atoms with Crippen LogP contribution in [-0.2, 0) is 14.8 Å². The SMILES string of the molecule is CSc1ccc(S(=O)(=O)N(C)CC(=O)N2CCCC(C)C2)cc1. The Bertz CT molecular complexity index is 644. The summed E-state index contributed by atoms with van der Waals surface area (Å²) in [5.41, 5.74) is 0. The molecule has 128 valence electrons. The number of likely N-dealkylation sites (N-methyl/N-ethyl adjacent to an activating group) is 1. The lowest BCUT2D eigenvalue weighted by Crippen LogP contribution is -2.45. The third kappa shape index (κ3) is 4.49. The van der Waals surface area contributed by atoms with E-state index in [1.54, 1.807) is 40.9 Å². The Morgan fingerprint density at radius 3 is 2.57 bits per heavy atom. The van der Waals surface area contributed by atoms with Crippen LogP contribution in [0.3, 0.4) is 0 Å². The second-order valence-electron chi connectivity index (χ2n) is 6.02. The van der Waals surface area contributed by atoms with Crippen LogP contribution < -0.4 is 0 Å². The first-order chi connectivity index (χ1) is 10.8. The fraction of sp³-hybridized carbons (Fsp3) is 0.562. The molecule has 1 unspecified atom stereocenters. The van der Waals surface area contributed by atoms with E-state index in [4.69, 9.17) is 0 Å². The van der Waals surface area contributed by atoms with Gasteiger partial charge in [0.1, 0.15) is 0 Å². The van der Waals surface area contributed by atoms with E-state index in [-0.39, 0.29) is 17.3 Å². The van der Waals surface area contributed by atoms with E-state index in [0.29, 0.717) is 5.92 Å². The van der Waals surface area contributed by atoms with Crippen LogP contribution in [0.25, 0.3) is 0 Å². The summed E-state index contributed by atoms with van der Waals surface area (Å²) in [4.78, 5) is 15.3. The summed E-state index contributed by atoms with van der Waals surface area (Å²) < 4.78 is 26.3. The number of amides is 1. The highest BCUT2D eigenvalue weighted by atomic mass is 32.2. The molecule has 1 aliphatic rings. The minimum Gasteiger partial charge on any atom is -0.341 e. The zero-order chi connectivity index (χ0) is 17.0. The lowest BCUT2D eigenvalue weighted by molar-refractivity contribution is -0.132. The number of likely N-dealkylation sites (tertiary alicyclic amines) is 1. The molecule has 1 saturated heterocycles. The summed E-state index contributed by atoms with van der Waals surface area (Å²) in [5, 5.41) is 0. The Morgan fingerprint density at radius 1 is 1.35 bits per heavy atom. The predicted molar refractivity (Wildman–Crippen MR) is 93.0 cm³/mol. The summed E-state index contributed by atoms with van der Waals surface area (Å²) in [7, 11) is -2.17. The molecule has 1 heterocycles. The van der Waals surface area contributed by atoms with Crippen molar-refractivity contribution in [3.05, 3.63) is 24.3 Å². The minimum atomic E-state index is -3.63. The van der Waals surface area contributed by atoms with Gasteiger partial charge in [-0.2, -0.15) is 4.31 Å². The third-order valence-corrected chi connectivity index (χ3v) is 6.70. The van der Waals surface area contributed by atoms with Gasteiger partial charge in [-0.15, -0.1) is 11.8 Å². The van der Waals surface area contributed by atoms with Gasteiger partial charge in [-0.05, 0) is 49.3 Å². The van der Waals surface area contributed by atoms with Crippen molar-refractivity contribution in [2.75, 3.05) is 32.9 Å². The van der Waals surface area contributed by atoms with Crippen LogP contribution >= 0.6 is 11.8 Å². The molecule has 23 heavy (non-hydrogen) atoms. The van der Waals surface area contributed by atoms with Crippen LogP contribution in [0, 0.1) is 5.92 Å². The van der Waals surface area contributed by atoms with Crippen LogP contribution in [0.5, 0.6) is 0 Å². The van der Waals surface area contributed by atoms with Gasteiger partial charge in [0, 0.05) is 25.0 Å². The number of hydrogen-bond acceptors (Lipinski definition) is 4. The van der Waals surface area contributed by atoms with Crippen LogP contribution in [0.4, 0.5) is 0 Å². The lowest BCUT2D eigenvalue weighted by Gasteiger charge is -2.32. The smallest absolute Gasteiger partial charge is 0.243 e. The maximum atomic E-state index is 12.6. The highest BCUT2D eigenvalue weighted by molar-refractivity contribution is 7.98. The number of benzene rings is 1. The van der Waals surface area contributed by atoms with Crippen LogP contribution in [0.2, 0.25) is 0 Å². The van der Waals surface area contributed by atoms with Crippen LogP contribution in [0.15, 0.2) is 34.1 Å². The molecule has 0 bridgehead atoms. The lowest BCUT2D eigenvalue weighted by atomic mass is 10.0. The number of hydrogen-bond donors (Lipinski definition) is 0. The maximum Gasteiger partial charge on any atom is 0.243 e. The van der Waals surface area contributed by atoms with E-state index in [1.807, 2.05) is 6.26 Å². The second-order valence-corrected chi connectivity index (χ2v) is 8.95. The van der Waals surface area contributed by atoms with Crippen molar-refractivity contribution in [2.24, 2.45) is 5.92 Å². The first-order valence-electron chi connectivity index (χ1n) is 7.72. The van der Waals surface area contributed by atoms with Crippen molar-refractivity contribution in [3.63, 3.8) is 0 Å². The van der Waals surface area contributed by atoms with Crippen molar-refractivity contribution in [3.8, 4) is 0 Å². The monoisotopic (exact) mass is 356 g/mol. The molecule has 1 aliphatic heterocycles. The van der Waals surface area contributed by atoms with Gasteiger partial charge in [-0.25, -0.2) is 8.42 Å². The number of nitrogens with zero attached hydrogens (tertiary/aromatic N) is 2. The molecule has 5 nitrogen and oxygen atoms in total. The van der Waals surface area contributed by atoms with E-state index in [9.17, 15) is 13.2 Å². The zero-order valence-electron chi connectivity index (χ0n) is 13.9. The van der Waals surface area contributed by atoms with Gasteiger partial charge in [-0.3, -0.25) is 4.79 Å². The Morgan fingerprint density at radius 2 is 2.00 bits per heavy atom. The van der Waals surface area contributed by atoms with E-state index in [2.05, 4.69) is 6.92 Å². The molecule has 2 rings (SSSR count). The molecule has 7 heteroatoms. The van der Waals surface area contributed by atoms with Gasteiger partial charge in [0.2, 0.25) is 15.9 Å². The highest BCUT2D eigenvalue weighted by Crippen LogP contribution is 2.20. The highest BCUT2D eigenvalue weighted by Gasteiger charge is 2.27. The molecule has 0 saturated carbocycles. The van der Waals surface area contributed by atoms with Gasteiger partial charge in [0.05, 0.1) is 11.4 Å². The first kappa shape index (κ1) is 18.3. The van der Waals surface area contributed by atoms with Crippen molar-refractivity contribution < 1.29 is 13.2 Å². The Balaban J connectivity index is 2.05. The Kier molecular flexibility index (Phi) is 6.11. The molecule has 1 atom stereocenters. The number of carbonyl (C=O) groups is 1. The zero-order valence-corrected chi connectivity index (χ0v) is 15.5. The summed E-state index contributed by atoms with van der Waals surface area (Å²) in [6, 6.07) is 6.73. The van der Waals surface area contributed by atoms with Gasteiger partial charge < -0.3 is 4.90 Å². The molecule has 1 aromatic rings. The molecule has 0 radical (unpaired) electrons. The normalized spacial score (nSPS) is 19.1. The largest absolute Gasteiger partial charge is 0.341 e. The molecule has 0 aromatic heterocycles. The second kappa shape index (κ2) is 7.68. The Labute approximate surface area is 143 Å². The molecule has 1 fully saturated rings. The number of rotatable bonds is 5. The number of sulfonamides is 1. The first-order valence-corrected chi connectivity index (χ1v) is 10.4. The standard InChI is InChI=1S/C16H24N2O3S2/c1-13-5-4-10-18(11-13)16(19)12-17(2)23(20,21)15-8-6-14(22-3)7-9-15/h6-9,13H,4-5,10-12H2,1-3H3. The Hall–Kier alpha value is -1.05. The van der Waals surface area contributed by atoms with Gasteiger partial charge in [0.25, 0.3) is 0 Å². The van der Waals surface area contributed by atoms with Crippen LogP contribution in [-0.4, -0.2) is 56.5 Å². The van der Waals surface area contributed by atoms with Crippen molar-refractivity contribution in [1.29, 1.82) is 0 Å². The number of carbonyl (C=O) groups excluding carboxylic acids is 1. The van der Waals surface area contributed by atoms with Gasteiger partial charge in [-0.1, -0.05) is 6.92 Å². The topological polar surface area (TPSA) is 57.7 Å². The van der Waals surface area contributed by atoms with Crippen molar-refractivity contribution >= 4 is 27.7 Å². The van der Waals surface area contributed by atoms with Gasteiger partial charge in [0.15, 0.2) is 0 Å². The molecular weight excluding hydrogens is 332 g/mol. The minimum absolute atomic E-state index is 0.112. The van der Waals surface area contributed by atoms with E-state index >= 15 is 0 Å². The van der Waals surface area contributed by atoms with E-state index in [1.165, 1.54) is 7.05 Å². The summed E-state index contributed by atoms with van der Waals surface area (Å²) in [6.07, 6.45) is 4.05. The van der Waals surface area contributed by atoms with E-state index < -0.39 is 10.0 Å². The van der Waals surface area contributed by atoms with Gasteiger partial charge >= 0.3 is 0 Å². The fourth-order valence-corrected chi connectivity index (χ4v) is 4.25. The number of piperidine rings is 1. The van der Waals surface area contributed by atoms with E-state index in [0.717, 1.165) is 35.1 Å². The fourth-order valence-electron chi connectivity index (χ4n) is 2.72. The van der Waals surface area contributed by atoms with Crippen LogP contribution in [0.1, 0.15) is 19.8 Å². The maximum absolute atomic E-state index is 12.6. The molecule has 0 aliphatic carbocycles. The molecule has 0 N–H and O–H groups in total. The average molecular weight is 357 g/mol. The summed E-state index contributed by atoms with van der Waals surface area (Å²) in [5.74, 6) is 0.358. The molecule has 1 aromatic carbocycles. The quantitative estimate of drug-likeness (QED) is 0.760. The number of thioether (sulfide) groups is 1. The molecule has 1 amide bonds. The molecule has 0 spiro atoms. The predicted octanol–water partition coefficient (Wildman–Crippen LogP) is 2.29. The molecular formula is C16H24N2O3S2. The van der Waals surface area contributed by atoms with Crippen molar-refractivity contribution in [1.82, 2.24) is 9.21 Å². The third-order valence-electron chi connectivity index (χ3n) is 4.14. The van der Waals surface area contributed by atoms with Crippen molar-refractivity contribution in [2.45, 2.75) is 29.6 Å². The summed E-state index contributed by atoms with van der Waals surface area (Å²) in [6.45, 7) is 3.45. The summed E-state index contributed by atoms with van der Waals surface area (Å²) >= 11 is 1.56.